The van der Waals surface area contributed by atoms with E-state index in [4.69, 9.17) is 11.6 Å². The number of anilines is 2. The van der Waals surface area contributed by atoms with E-state index in [2.05, 4.69) is 15.3 Å². The standard InChI is InChI=1S/C20H16ClF2N5O/c1-12-14(21)8-5-9-15(12)25-20-26-18(29)16-17(24-11-28(16)19(22)23)27(20)10-13-6-3-2-4-7-13/h2-9,11,19H,10H2,1H3,(H,25,26,29). The van der Waals surface area contributed by atoms with Gasteiger partial charge in [-0.3, -0.25) is 13.9 Å². The van der Waals surface area contributed by atoms with Crippen molar-refractivity contribution in [3.63, 3.8) is 0 Å². The SMILES string of the molecule is Cc1c(Cl)cccc1Nc1nc(=O)c2c(ncn2C(F)F)n1Cc1ccccc1. The first-order valence-electron chi connectivity index (χ1n) is 8.77. The minimum atomic E-state index is -2.89. The summed E-state index contributed by atoms with van der Waals surface area (Å²) >= 11 is 6.19. The van der Waals surface area contributed by atoms with Gasteiger partial charge in [0.05, 0.1) is 6.54 Å². The monoisotopic (exact) mass is 415 g/mol. The lowest BCUT2D eigenvalue weighted by Gasteiger charge is -2.16. The van der Waals surface area contributed by atoms with Crippen LogP contribution in [0.3, 0.4) is 0 Å². The van der Waals surface area contributed by atoms with Gasteiger partial charge in [-0.15, -0.1) is 0 Å². The fourth-order valence-electron chi connectivity index (χ4n) is 3.09. The number of alkyl halides is 2. The minimum absolute atomic E-state index is 0.122. The number of aromatic nitrogens is 4. The summed E-state index contributed by atoms with van der Waals surface area (Å²) in [6, 6.07) is 14.7. The Bertz CT molecular complexity index is 1240. The van der Waals surface area contributed by atoms with Crippen LogP contribution in [-0.2, 0) is 6.54 Å². The van der Waals surface area contributed by atoms with Gasteiger partial charge < -0.3 is 5.32 Å². The topological polar surface area (TPSA) is 64.7 Å². The molecule has 0 amide bonds. The molecule has 0 saturated carbocycles. The van der Waals surface area contributed by atoms with Crippen molar-refractivity contribution in [3.05, 3.63) is 81.4 Å². The Kier molecular flexibility index (Phi) is 5.02. The van der Waals surface area contributed by atoms with Crippen molar-refractivity contribution in [2.45, 2.75) is 20.0 Å². The van der Waals surface area contributed by atoms with Crippen molar-refractivity contribution in [2.75, 3.05) is 5.32 Å². The summed E-state index contributed by atoms with van der Waals surface area (Å²) < 4.78 is 28.8. The number of rotatable bonds is 5. The fourth-order valence-corrected chi connectivity index (χ4v) is 3.26. The summed E-state index contributed by atoms with van der Waals surface area (Å²) in [6.07, 6.45) is 0.953. The first kappa shape index (κ1) is 19.1. The molecule has 0 bridgehead atoms. The molecule has 2 aromatic heterocycles. The molecule has 2 heterocycles. The third-order valence-electron chi connectivity index (χ3n) is 4.60. The van der Waals surface area contributed by atoms with E-state index in [1.165, 1.54) is 0 Å². The number of halogens is 3. The molecule has 0 aliphatic carbocycles. The molecule has 4 aromatic rings. The molecule has 0 fully saturated rings. The molecule has 0 aliphatic heterocycles. The number of imidazole rings is 1. The lowest BCUT2D eigenvalue weighted by molar-refractivity contribution is 0.0743. The molecular formula is C20H16ClF2N5O. The van der Waals surface area contributed by atoms with Crippen LogP contribution in [0.15, 0.2) is 59.7 Å². The molecule has 1 N–H and O–H groups in total. The van der Waals surface area contributed by atoms with Crippen LogP contribution in [0.25, 0.3) is 11.2 Å². The number of nitrogens with one attached hydrogen (secondary N) is 1. The van der Waals surface area contributed by atoms with Crippen LogP contribution in [0.1, 0.15) is 17.7 Å². The molecular weight excluding hydrogens is 400 g/mol. The molecule has 0 unspecified atom stereocenters. The van der Waals surface area contributed by atoms with Gasteiger partial charge in [0.25, 0.3) is 0 Å². The van der Waals surface area contributed by atoms with E-state index < -0.39 is 12.1 Å². The average Bonchev–Trinajstić information content (AvgIpc) is 3.15. The second-order valence-corrected chi connectivity index (χ2v) is 6.86. The summed E-state index contributed by atoms with van der Waals surface area (Å²) in [4.78, 5) is 20.7. The highest BCUT2D eigenvalue weighted by atomic mass is 35.5. The maximum absolute atomic E-state index is 13.3. The predicted molar refractivity (Wildman–Crippen MR) is 108 cm³/mol. The van der Waals surface area contributed by atoms with Crippen molar-refractivity contribution in [1.82, 2.24) is 19.1 Å². The van der Waals surface area contributed by atoms with Crippen molar-refractivity contribution in [1.29, 1.82) is 0 Å². The number of nitrogens with zero attached hydrogens (tertiary/aromatic N) is 4. The fraction of sp³-hybridized carbons (Fsp3) is 0.150. The Morgan fingerprint density at radius 1 is 1.14 bits per heavy atom. The predicted octanol–water partition coefficient (Wildman–Crippen LogP) is 4.74. The summed E-state index contributed by atoms with van der Waals surface area (Å²) in [6.45, 7) is -0.782. The second kappa shape index (κ2) is 7.63. The molecule has 9 heteroatoms. The highest BCUT2D eigenvalue weighted by molar-refractivity contribution is 6.31. The van der Waals surface area contributed by atoms with Crippen molar-refractivity contribution >= 4 is 34.4 Å². The molecule has 0 spiro atoms. The smallest absolute Gasteiger partial charge is 0.320 e. The van der Waals surface area contributed by atoms with E-state index in [9.17, 15) is 13.6 Å². The number of hydrogen-bond donors (Lipinski definition) is 1. The zero-order valence-corrected chi connectivity index (χ0v) is 16.1. The summed E-state index contributed by atoms with van der Waals surface area (Å²) in [5, 5.41) is 3.65. The first-order chi connectivity index (χ1) is 14.0. The molecule has 0 radical (unpaired) electrons. The number of benzene rings is 2. The van der Waals surface area contributed by atoms with E-state index in [1.54, 1.807) is 22.8 Å². The molecule has 2 aromatic carbocycles. The van der Waals surface area contributed by atoms with Crippen molar-refractivity contribution < 1.29 is 8.78 Å². The first-order valence-corrected chi connectivity index (χ1v) is 9.15. The molecule has 148 valence electrons. The molecule has 0 atom stereocenters. The summed E-state index contributed by atoms with van der Waals surface area (Å²) in [5.74, 6) is 0.191. The van der Waals surface area contributed by atoms with Crippen LogP contribution in [-0.4, -0.2) is 19.1 Å². The van der Waals surface area contributed by atoms with Crippen molar-refractivity contribution in [3.8, 4) is 0 Å². The Morgan fingerprint density at radius 2 is 1.90 bits per heavy atom. The maximum atomic E-state index is 13.3. The van der Waals surface area contributed by atoms with Gasteiger partial charge in [-0.05, 0) is 30.2 Å². The Labute approximate surface area is 169 Å². The van der Waals surface area contributed by atoms with E-state index >= 15 is 0 Å². The van der Waals surface area contributed by atoms with Gasteiger partial charge in [0.15, 0.2) is 11.2 Å². The quantitative estimate of drug-likeness (QED) is 0.511. The minimum Gasteiger partial charge on any atom is -0.325 e. The van der Waals surface area contributed by atoms with Gasteiger partial charge >= 0.3 is 12.1 Å². The highest BCUT2D eigenvalue weighted by Crippen LogP contribution is 2.27. The number of hydrogen-bond acceptors (Lipinski definition) is 4. The maximum Gasteiger partial charge on any atom is 0.320 e. The molecule has 6 nitrogen and oxygen atoms in total. The lowest BCUT2D eigenvalue weighted by atomic mass is 10.2. The third kappa shape index (κ3) is 3.58. The molecule has 0 aliphatic rings. The van der Waals surface area contributed by atoms with Gasteiger partial charge in [-0.2, -0.15) is 13.8 Å². The second-order valence-electron chi connectivity index (χ2n) is 6.45. The molecule has 0 saturated heterocycles. The average molecular weight is 416 g/mol. The van der Waals surface area contributed by atoms with E-state index in [-0.39, 0.29) is 23.7 Å². The van der Waals surface area contributed by atoms with Crippen LogP contribution in [0.2, 0.25) is 5.02 Å². The highest BCUT2D eigenvalue weighted by Gasteiger charge is 2.20. The van der Waals surface area contributed by atoms with Crippen molar-refractivity contribution in [2.24, 2.45) is 0 Å². The zero-order valence-electron chi connectivity index (χ0n) is 15.3. The van der Waals surface area contributed by atoms with Crippen LogP contribution in [0.5, 0.6) is 0 Å². The van der Waals surface area contributed by atoms with Crippen LogP contribution >= 0.6 is 11.6 Å². The van der Waals surface area contributed by atoms with E-state index in [1.807, 2.05) is 37.3 Å². The van der Waals surface area contributed by atoms with Crippen LogP contribution in [0.4, 0.5) is 20.4 Å². The van der Waals surface area contributed by atoms with Gasteiger partial charge in [0.1, 0.15) is 6.33 Å². The number of fused-ring (bicyclic) bond motifs is 1. The van der Waals surface area contributed by atoms with E-state index in [0.29, 0.717) is 15.3 Å². The molecule has 29 heavy (non-hydrogen) atoms. The Hall–Kier alpha value is -3.26. The van der Waals surface area contributed by atoms with Gasteiger partial charge in [0.2, 0.25) is 5.95 Å². The Balaban J connectivity index is 1.91. The van der Waals surface area contributed by atoms with Gasteiger partial charge in [-0.25, -0.2) is 4.98 Å². The van der Waals surface area contributed by atoms with Gasteiger partial charge in [0, 0.05) is 10.7 Å². The lowest BCUT2D eigenvalue weighted by Crippen LogP contribution is -2.20. The van der Waals surface area contributed by atoms with Crippen LogP contribution < -0.4 is 10.9 Å². The third-order valence-corrected chi connectivity index (χ3v) is 5.01. The summed E-state index contributed by atoms with van der Waals surface area (Å²) in [5.41, 5.74) is 1.41. The molecule has 4 rings (SSSR count). The zero-order chi connectivity index (χ0) is 20.5. The van der Waals surface area contributed by atoms with Crippen LogP contribution in [0, 0.1) is 6.92 Å². The largest absolute Gasteiger partial charge is 0.325 e. The Morgan fingerprint density at radius 3 is 2.62 bits per heavy atom. The summed E-state index contributed by atoms with van der Waals surface area (Å²) in [7, 11) is 0. The van der Waals surface area contributed by atoms with Gasteiger partial charge in [-0.1, -0.05) is 48.0 Å². The normalized spacial score (nSPS) is 11.3. The van der Waals surface area contributed by atoms with E-state index in [0.717, 1.165) is 17.5 Å².